The van der Waals surface area contributed by atoms with Crippen molar-refractivity contribution >= 4 is 21.6 Å². The number of rotatable bonds is 6. The summed E-state index contributed by atoms with van der Waals surface area (Å²) in [6.45, 7) is 4.64. The third kappa shape index (κ3) is 4.33. The van der Waals surface area contributed by atoms with E-state index in [0.717, 1.165) is 6.42 Å². The first-order chi connectivity index (χ1) is 12.9. The monoisotopic (exact) mass is 390 g/mol. The summed E-state index contributed by atoms with van der Waals surface area (Å²) in [6.07, 6.45) is 0.775. The van der Waals surface area contributed by atoms with Crippen LogP contribution in [0.3, 0.4) is 0 Å². The van der Waals surface area contributed by atoms with Gasteiger partial charge in [-0.3, -0.25) is 9.52 Å². The number of sulfonamides is 1. The highest BCUT2D eigenvalue weighted by Gasteiger charge is 2.22. The number of ether oxygens (including phenoxy) is 2. The zero-order chi connectivity index (χ0) is 19.4. The van der Waals surface area contributed by atoms with Gasteiger partial charge in [-0.25, -0.2) is 8.42 Å². The second-order valence-corrected chi connectivity index (χ2v) is 7.92. The average molecular weight is 390 g/mol. The zero-order valence-electron chi connectivity index (χ0n) is 15.2. The van der Waals surface area contributed by atoms with Gasteiger partial charge < -0.3 is 14.8 Å². The molecule has 1 aliphatic rings. The summed E-state index contributed by atoms with van der Waals surface area (Å²) in [5.74, 6) is 0.560. The van der Waals surface area contributed by atoms with Crippen LogP contribution < -0.4 is 19.5 Å². The standard InChI is InChI=1S/C19H22N2O5S/c1-3-13(2)20-19(22)15-6-4-5-7-16(15)21-27(23,24)14-8-9-17-18(12-14)26-11-10-25-17/h4-9,12-13,21H,3,10-11H2,1-2H3,(H,20,22). The Hall–Kier alpha value is -2.74. The Balaban J connectivity index is 1.87. The van der Waals surface area contributed by atoms with Crippen LogP contribution in [0.4, 0.5) is 5.69 Å². The maximum atomic E-state index is 12.8. The minimum Gasteiger partial charge on any atom is -0.486 e. The number of carbonyl (C=O) groups excluding carboxylic acids is 1. The van der Waals surface area contributed by atoms with E-state index in [0.29, 0.717) is 24.7 Å². The van der Waals surface area contributed by atoms with Gasteiger partial charge in [-0.2, -0.15) is 0 Å². The van der Waals surface area contributed by atoms with Crippen LogP contribution in [0.5, 0.6) is 11.5 Å². The lowest BCUT2D eigenvalue weighted by Gasteiger charge is -2.19. The van der Waals surface area contributed by atoms with Crippen LogP contribution in [0.2, 0.25) is 0 Å². The number of hydrogen-bond acceptors (Lipinski definition) is 5. The molecule has 1 atom stereocenters. The number of para-hydroxylation sites is 1. The topological polar surface area (TPSA) is 93.7 Å². The van der Waals surface area contributed by atoms with Crippen molar-refractivity contribution < 1.29 is 22.7 Å². The first kappa shape index (κ1) is 19.0. The molecule has 7 nitrogen and oxygen atoms in total. The fourth-order valence-electron chi connectivity index (χ4n) is 2.57. The molecule has 2 aromatic rings. The summed E-state index contributed by atoms with van der Waals surface area (Å²) >= 11 is 0. The molecule has 0 aromatic heterocycles. The van der Waals surface area contributed by atoms with Crippen LogP contribution in [0.15, 0.2) is 47.4 Å². The van der Waals surface area contributed by atoms with E-state index in [9.17, 15) is 13.2 Å². The molecule has 0 saturated heterocycles. The Kier molecular flexibility index (Phi) is 5.55. The number of fused-ring (bicyclic) bond motifs is 1. The van der Waals surface area contributed by atoms with E-state index in [-0.39, 0.29) is 28.1 Å². The maximum absolute atomic E-state index is 12.8. The van der Waals surface area contributed by atoms with Crippen LogP contribution in [0, 0.1) is 0 Å². The largest absolute Gasteiger partial charge is 0.486 e. The predicted octanol–water partition coefficient (Wildman–Crippen LogP) is 2.79. The van der Waals surface area contributed by atoms with E-state index in [1.807, 2.05) is 13.8 Å². The normalized spacial score (nSPS) is 14.3. The van der Waals surface area contributed by atoms with Crippen molar-refractivity contribution in [2.75, 3.05) is 17.9 Å². The Morgan fingerprint density at radius 3 is 2.56 bits per heavy atom. The van der Waals surface area contributed by atoms with Crippen molar-refractivity contribution in [3.63, 3.8) is 0 Å². The summed E-state index contributed by atoms with van der Waals surface area (Å²) in [4.78, 5) is 12.5. The van der Waals surface area contributed by atoms with E-state index >= 15 is 0 Å². The fourth-order valence-corrected chi connectivity index (χ4v) is 3.66. The van der Waals surface area contributed by atoms with Crippen LogP contribution in [0.1, 0.15) is 30.6 Å². The van der Waals surface area contributed by atoms with Crippen molar-refractivity contribution in [3.05, 3.63) is 48.0 Å². The van der Waals surface area contributed by atoms with Crippen molar-refractivity contribution in [2.45, 2.75) is 31.2 Å². The third-order valence-corrected chi connectivity index (χ3v) is 5.59. The van der Waals surface area contributed by atoms with E-state index in [1.54, 1.807) is 30.3 Å². The Labute approximate surface area is 158 Å². The van der Waals surface area contributed by atoms with Gasteiger partial charge >= 0.3 is 0 Å². The lowest BCUT2D eigenvalue weighted by molar-refractivity contribution is 0.0940. The van der Waals surface area contributed by atoms with E-state index in [1.165, 1.54) is 12.1 Å². The molecule has 2 N–H and O–H groups in total. The van der Waals surface area contributed by atoms with Crippen molar-refractivity contribution in [1.82, 2.24) is 5.32 Å². The Bertz CT molecular complexity index is 943. The van der Waals surface area contributed by atoms with Gasteiger partial charge in [-0.1, -0.05) is 19.1 Å². The van der Waals surface area contributed by atoms with Gasteiger partial charge in [0.25, 0.3) is 15.9 Å². The number of anilines is 1. The van der Waals surface area contributed by atoms with E-state index in [4.69, 9.17) is 9.47 Å². The number of amides is 1. The van der Waals surface area contributed by atoms with Gasteiger partial charge in [0.05, 0.1) is 16.1 Å². The van der Waals surface area contributed by atoms with Crippen LogP contribution in [-0.4, -0.2) is 33.6 Å². The summed E-state index contributed by atoms with van der Waals surface area (Å²) in [7, 11) is -3.90. The number of benzene rings is 2. The molecular weight excluding hydrogens is 368 g/mol. The molecule has 27 heavy (non-hydrogen) atoms. The maximum Gasteiger partial charge on any atom is 0.262 e. The summed E-state index contributed by atoms with van der Waals surface area (Å²) in [5, 5.41) is 2.84. The van der Waals surface area contributed by atoms with Crippen LogP contribution >= 0.6 is 0 Å². The molecule has 1 amide bonds. The minimum absolute atomic E-state index is 0.0139. The minimum atomic E-state index is -3.90. The van der Waals surface area contributed by atoms with Gasteiger partial charge in [0, 0.05) is 12.1 Å². The molecule has 144 valence electrons. The molecule has 1 aliphatic heterocycles. The molecule has 8 heteroatoms. The summed E-state index contributed by atoms with van der Waals surface area (Å²) in [5.41, 5.74) is 0.479. The molecule has 0 radical (unpaired) electrons. The predicted molar refractivity (Wildman–Crippen MR) is 102 cm³/mol. The second-order valence-electron chi connectivity index (χ2n) is 6.24. The smallest absolute Gasteiger partial charge is 0.262 e. The van der Waals surface area contributed by atoms with Crippen molar-refractivity contribution in [2.24, 2.45) is 0 Å². The lowest BCUT2D eigenvalue weighted by Crippen LogP contribution is -2.32. The molecule has 3 rings (SSSR count). The fraction of sp³-hybridized carbons (Fsp3) is 0.316. The molecule has 1 unspecified atom stereocenters. The molecule has 0 fully saturated rings. The highest BCUT2D eigenvalue weighted by molar-refractivity contribution is 7.92. The van der Waals surface area contributed by atoms with Crippen molar-refractivity contribution in [1.29, 1.82) is 0 Å². The third-order valence-electron chi connectivity index (χ3n) is 4.23. The first-order valence-electron chi connectivity index (χ1n) is 8.73. The molecule has 0 spiro atoms. The van der Waals surface area contributed by atoms with Crippen LogP contribution in [0.25, 0.3) is 0 Å². The van der Waals surface area contributed by atoms with Gasteiger partial charge in [-0.15, -0.1) is 0 Å². The molecule has 0 saturated carbocycles. The van der Waals surface area contributed by atoms with Gasteiger partial charge in [0.2, 0.25) is 0 Å². The lowest BCUT2D eigenvalue weighted by atomic mass is 10.1. The highest BCUT2D eigenvalue weighted by atomic mass is 32.2. The second kappa shape index (κ2) is 7.87. The summed E-state index contributed by atoms with van der Waals surface area (Å²) < 4.78 is 39.0. The van der Waals surface area contributed by atoms with Crippen LogP contribution in [-0.2, 0) is 10.0 Å². The number of hydrogen-bond donors (Lipinski definition) is 2. The SMILES string of the molecule is CCC(C)NC(=O)c1ccccc1NS(=O)(=O)c1ccc2c(c1)OCCO2. The quantitative estimate of drug-likeness (QED) is 0.791. The molecule has 0 bridgehead atoms. The van der Waals surface area contributed by atoms with Crippen molar-refractivity contribution in [3.8, 4) is 11.5 Å². The Morgan fingerprint density at radius 2 is 1.81 bits per heavy atom. The number of nitrogens with one attached hydrogen (secondary N) is 2. The number of carbonyl (C=O) groups is 1. The summed E-state index contributed by atoms with van der Waals surface area (Å²) in [6, 6.07) is 10.9. The Morgan fingerprint density at radius 1 is 1.11 bits per heavy atom. The molecule has 1 heterocycles. The molecule has 0 aliphatic carbocycles. The first-order valence-corrected chi connectivity index (χ1v) is 10.2. The van der Waals surface area contributed by atoms with E-state index in [2.05, 4.69) is 10.0 Å². The van der Waals surface area contributed by atoms with Gasteiger partial charge in [0.15, 0.2) is 11.5 Å². The van der Waals surface area contributed by atoms with E-state index < -0.39 is 10.0 Å². The van der Waals surface area contributed by atoms with Gasteiger partial charge in [0.1, 0.15) is 13.2 Å². The van der Waals surface area contributed by atoms with Gasteiger partial charge in [-0.05, 0) is 37.6 Å². The average Bonchev–Trinajstić information content (AvgIpc) is 2.67. The molecular formula is C19H22N2O5S. The molecule has 2 aromatic carbocycles. The highest BCUT2D eigenvalue weighted by Crippen LogP contribution is 2.33. The zero-order valence-corrected chi connectivity index (χ0v) is 16.0.